The first kappa shape index (κ1) is 7.77. The second kappa shape index (κ2) is 2.57. The Labute approximate surface area is 71.1 Å². The maximum absolute atomic E-state index is 11.2. The van der Waals surface area contributed by atoms with Crippen LogP contribution in [-0.4, -0.2) is 17.9 Å². The van der Waals surface area contributed by atoms with Crippen LogP contribution in [0.2, 0.25) is 0 Å². The summed E-state index contributed by atoms with van der Waals surface area (Å²) in [5, 5.41) is 0. The summed E-state index contributed by atoms with van der Waals surface area (Å²) in [7, 11) is 0. The first-order valence-electron chi connectivity index (χ1n) is 4.38. The van der Waals surface area contributed by atoms with Crippen LogP contribution in [0.5, 0.6) is 0 Å². The van der Waals surface area contributed by atoms with Gasteiger partial charge in [-0.25, -0.2) is 0 Å². The molecule has 3 nitrogen and oxygen atoms in total. The van der Waals surface area contributed by atoms with Gasteiger partial charge in [-0.3, -0.25) is 9.59 Å². The number of ether oxygens (including phenoxy) is 1. The molecule has 1 heterocycles. The Morgan fingerprint density at radius 3 is 2.75 bits per heavy atom. The van der Waals surface area contributed by atoms with E-state index in [0.717, 1.165) is 0 Å². The molecule has 2 rings (SSSR count). The van der Waals surface area contributed by atoms with Crippen molar-refractivity contribution in [1.29, 1.82) is 0 Å². The highest BCUT2D eigenvalue weighted by Gasteiger charge is 2.43. The Hall–Kier alpha value is -0.860. The number of rotatable bonds is 0. The van der Waals surface area contributed by atoms with Gasteiger partial charge in [0.1, 0.15) is 11.9 Å². The molecule has 0 unspecified atom stereocenters. The van der Waals surface area contributed by atoms with Gasteiger partial charge in [-0.2, -0.15) is 0 Å². The third-order valence-electron chi connectivity index (χ3n) is 2.76. The molecule has 12 heavy (non-hydrogen) atoms. The van der Waals surface area contributed by atoms with Crippen LogP contribution in [0.25, 0.3) is 0 Å². The molecule has 0 spiro atoms. The minimum absolute atomic E-state index is 0.0233. The van der Waals surface area contributed by atoms with E-state index in [1.807, 2.05) is 6.92 Å². The molecule has 1 aliphatic carbocycles. The number of fused-ring (bicyclic) bond motifs is 1. The average Bonchev–Trinajstić information content (AvgIpc) is 2.29. The molecule has 1 aliphatic heterocycles. The summed E-state index contributed by atoms with van der Waals surface area (Å²) in [6.07, 6.45) is 1.59. The molecule has 0 amide bonds. The van der Waals surface area contributed by atoms with Crippen molar-refractivity contribution < 1.29 is 14.3 Å². The number of hydrogen-bond acceptors (Lipinski definition) is 3. The lowest BCUT2D eigenvalue weighted by Gasteiger charge is -2.27. The third-order valence-corrected chi connectivity index (χ3v) is 2.76. The molecule has 66 valence electrons. The molecule has 1 saturated carbocycles. The predicted octanol–water partition coefficient (Wildman–Crippen LogP) is 0.917. The molecule has 0 aromatic heterocycles. The molecular formula is C9H12O3. The molecule has 3 atom stereocenters. The zero-order chi connectivity index (χ0) is 8.72. The zero-order valence-corrected chi connectivity index (χ0v) is 7.08. The lowest BCUT2D eigenvalue weighted by Crippen LogP contribution is -2.33. The molecule has 1 saturated heterocycles. The summed E-state index contributed by atoms with van der Waals surface area (Å²) in [5.74, 6) is 0.546. The van der Waals surface area contributed by atoms with E-state index in [1.165, 1.54) is 0 Å². The molecule has 2 aliphatic rings. The topological polar surface area (TPSA) is 43.4 Å². The predicted molar refractivity (Wildman–Crippen MR) is 41.4 cm³/mol. The van der Waals surface area contributed by atoms with Crippen LogP contribution >= 0.6 is 0 Å². The monoisotopic (exact) mass is 168 g/mol. The first-order chi connectivity index (χ1) is 5.66. The Morgan fingerprint density at radius 2 is 2.00 bits per heavy atom. The molecule has 2 fully saturated rings. The Kier molecular flexibility index (Phi) is 1.67. The number of carbonyl (C=O) groups is 2. The molecule has 0 bridgehead atoms. The van der Waals surface area contributed by atoms with Crippen molar-refractivity contribution in [3.63, 3.8) is 0 Å². The van der Waals surface area contributed by atoms with Crippen molar-refractivity contribution in [3.05, 3.63) is 0 Å². The third kappa shape index (κ3) is 1.13. The number of esters is 1. The highest BCUT2D eigenvalue weighted by molar-refractivity contribution is 5.82. The van der Waals surface area contributed by atoms with E-state index in [-0.39, 0.29) is 29.7 Å². The van der Waals surface area contributed by atoms with Crippen LogP contribution in [0.3, 0.4) is 0 Å². The van der Waals surface area contributed by atoms with E-state index < -0.39 is 0 Å². The van der Waals surface area contributed by atoms with Crippen LogP contribution in [0, 0.1) is 11.8 Å². The summed E-state index contributed by atoms with van der Waals surface area (Å²) in [4.78, 5) is 22.1. The fourth-order valence-electron chi connectivity index (χ4n) is 2.25. The van der Waals surface area contributed by atoms with Gasteiger partial charge in [-0.15, -0.1) is 0 Å². The van der Waals surface area contributed by atoms with Gasteiger partial charge in [0.25, 0.3) is 0 Å². The molecule has 0 radical (unpaired) electrons. The van der Waals surface area contributed by atoms with E-state index in [4.69, 9.17) is 4.74 Å². The van der Waals surface area contributed by atoms with Crippen molar-refractivity contribution in [2.45, 2.75) is 32.3 Å². The quantitative estimate of drug-likeness (QED) is 0.505. The van der Waals surface area contributed by atoms with Crippen molar-refractivity contribution in [2.75, 3.05) is 0 Å². The van der Waals surface area contributed by atoms with Crippen LogP contribution in [0.15, 0.2) is 0 Å². The smallest absolute Gasteiger partial charge is 0.306 e. The van der Waals surface area contributed by atoms with Crippen molar-refractivity contribution in [2.24, 2.45) is 11.8 Å². The largest absolute Gasteiger partial charge is 0.462 e. The van der Waals surface area contributed by atoms with Crippen LogP contribution in [-0.2, 0) is 14.3 Å². The van der Waals surface area contributed by atoms with Gasteiger partial charge in [-0.1, -0.05) is 6.92 Å². The second-order valence-electron chi connectivity index (χ2n) is 3.84. The average molecular weight is 168 g/mol. The lowest BCUT2D eigenvalue weighted by atomic mass is 9.79. The lowest BCUT2D eigenvalue weighted by molar-refractivity contribution is -0.145. The Morgan fingerprint density at radius 1 is 1.25 bits per heavy atom. The minimum atomic E-state index is -0.133. The summed E-state index contributed by atoms with van der Waals surface area (Å²) in [5.41, 5.74) is 0. The normalized spacial score (nSPS) is 40.9. The SMILES string of the molecule is C[C@H]1CC(=O)C[C@@H]2CC(=O)O[C@H]21. The van der Waals surface area contributed by atoms with Crippen molar-refractivity contribution in [1.82, 2.24) is 0 Å². The number of hydrogen-bond donors (Lipinski definition) is 0. The van der Waals surface area contributed by atoms with Crippen molar-refractivity contribution >= 4 is 11.8 Å². The first-order valence-corrected chi connectivity index (χ1v) is 4.38. The highest BCUT2D eigenvalue weighted by Crippen LogP contribution is 2.36. The number of ketones is 1. The van der Waals surface area contributed by atoms with Crippen LogP contribution in [0.4, 0.5) is 0 Å². The van der Waals surface area contributed by atoms with E-state index >= 15 is 0 Å². The van der Waals surface area contributed by atoms with E-state index in [2.05, 4.69) is 0 Å². The summed E-state index contributed by atoms with van der Waals surface area (Å²) in [6.45, 7) is 1.98. The Bertz CT molecular complexity index is 234. The van der Waals surface area contributed by atoms with Gasteiger partial charge < -0.3 is 4.74 Å². The summed E-state index contributed by atoms with van der Waals surface area (Å²) in [6, 6.07) is 0. The second-order valence-corrected chi connectivity index (χ2v) is 3.84. The maximum Gasteiger partial charge on any atom is 0.306 e. The molecule has 0 aromatic rings. The highest BCUT2D eigenvalue weighted by atomic mass is 16.6. The molecule has 0 aromatic carbocycles. The summed E-state index contributed by atoms with van der Waals surface area (Å²) >= 11 is 0. The van der Waals surface area contributed by atoms with Gasteiger partial charge in [-0.05, 0) is 0 Å². The number of carbonyl (C=O) groups excluding carboxylic acids is 2. The molecule has 0 N–H and O–H groups in total. The van der Waals surface area contributed by atoms with E-state index in [9.17, 15) is 9.59 Å². The fourth-order valence-corrected chi connectivity index (χ4v) is 2.25. The van der Waals surface area contributed by atoms with Crippen molar-refractivity contribution in [3.8, 4) is 0 Å². The fraction of sp³-hybridized carbons (Fsp3) is 0.778. The van der Waals surface area contributed by atoms with E-state index in [0.29, 0.717) is 19.3 Å². The standard InChI is InChI=1S/C9H12O3/c1-5-2-7(10)3-6-4-8(11)12-9(5)6/h5-6,9H,2-4H2,1H3/t5-,6+,9-/m0/s1. The minimum Gasteiger partial charge on any atom is -0.462 e. The summed E-state index contributed by atoms with van der Waals surface area (Å²) < 4.78 is 5.13. The molecule has 3 heteroatoms. The maximum atomic E-state index is 11.2. The van der Waals surface area contributed by atoms with Crippen LogP contribution < -0.4 is 0 Å². The van der Waals surface area contributed by atoms with Gasteiger partial charge in [0.15, 0.2) is 0 Å². The van der Waals surface area contributed by atoms with Gasteiger partial charge in [0, 0.05) is 24.7 Å². The van der Waals surface area contributed by atoms with Gasteiger partial charge in [0.2, 0.25) is 0 Å². The zero-order valence-electron chi connectivity index (χ0n) is 7.08. The number of Topliss-reactive ketones (excluding diaryl/α,β-unsaturated/α-hetero) is 1. The van der Waals surface area contributed by atoms with Crippen LogP contribution in [0.1, 0.15) is 26.2 Å². The van der Waals surface area contributed by atoms with E-state index in [1.54, 1.807) is 0 Å². The van der Waals surface area contributed by atoms with Gasteiger partial charge >= 0.3 is 5.97 Å². The van der Waals surface area contributed by atoms with Gasteiger partial charge in [0.05, 0.1) is 6.42 Å². The molecular weight excluding hydrogens is 156 g/mol. The Balaban J connectivity index is 2.15.